The molecule has 0 aliphatic heterocycles. The smallest absolute Gasteiger partial charge is 0.224 e. The van der Waals surface area contributed by atoms with Crippen molar-refractivity contribution in [2.45, 2.75) is 45.4 Å². The summed E-state index contributed by atoms with van der Waals surface area (Å²) in [6.07, 6.45) is 5.98. The van der Waals surface area contributed by atoms with Crippen molar-refractivity contribution in [2.24, 2.45) is 5.73 Å². The molecule has 1 aromatic rings. The normalized spacial score (nSPS) is 10.3. The van der Waals surface area contributed by atoms with Crippen LogP contribution in [0.15, 0.2) is 24.3 Å². The van der Waals surface area contributed by atoms with Crippen molar-refractivity contribution >= 4 is 11.6 Å². The van der Waals surface area contributed by atoms with Crippen LogP contribution >= 0.6 is 0 Å². The van der Waals surface area contributed by atoms with Crippen molar-refractivity contribution in [1.29, 1.82) is 0 Å². The summed E-state index contributed by atoms with van der Waals surface area (Å²) in [4.78, 5) is 11.5. The number of benzene rings is 1. The number of hydrogen-bond donors (Lipinski definition) is 2. The maximum Gasteiger partial charge on any atom is 0.224 e. The maximum atomic E-state index is 11.5. The third kappa shape index (κ3) is 7.14. The second kappa shape index (κ2) is 10.3. The predicted octanol–water partition coefficient (Wildman–Crippen LogP) is 3.32. The van der Waals surface area contributed by atoms with Gasteiger partial charge >= 0.3 is 0 Å². The van der Waals surface area contributed by atoms with E-state index in [0.29, 0.717) is 19.4 Å². The molecule has 0 spiro atoms. The first-order valence-corrected chi connectivity index (χ1v) is 7.49. The van der Waals surface area contributed by atoms with Crippen molar-refractivity contribution in [3.8, 4) is 5.75 Å². The monoisotopic (exact) mass is 278 g/mol. The molecule has 0 heterocycles. The van der Waals surface area contributed by atoms with E-state index in [0.717, 1.165) is 24.5 Å². The van der Waals surface area contributed by atoms with Gasteiger partial charge in [-0.05, 0) is 43.7 Å². The molecular formula is C16H26N2O2. The van der Waals surface area contributed by atoms with Gasteiger partial charge in [0.25, 0.3) is 0 Å². The van der Waals surface area contributed by atoms with Crippen molar-refractivity contribution in [3.05, 3.63) is 24.3 Å². The Morgan fingerprint density at radius 1 is 1.15 bits per heavy atom. The van der Waals surface area contributed by atoms with Crippen LogP contribution in [-0.4, -0.2) is 19.1 Å². The SMILES string of the molecule is CCCCCCOc1ccc(NC(=O)CCCN)cc1. The average Bonchev–Trinajstić information content (AvgIpc) is 2.46. The van der Waals surface area contributed by atoms with Crippen LogP contribution in [0.2, 0.25) is 0 Å². The third-order valence-electron chi connectivity index (χ3n) is 3.01. The number of amides is 1. The van der Waals surface area contributed by atoms with Crippen LogP contribution in [0.25, 0.3) is 0 Å². The summed E-state index contributed by atoms with van der Waals surface area (Å²) in [6, 6.07) is 7.50. The fourth-order valence-corrected chi connectivity index (χ4v) is 1.84. The van der Waals surface area contributed by atoms with Gasteiger partial charge in [-0.25, -0.2) is 0 Å². The molecule has 0 saturated heterocycles. The van der Waals surface area contributed by atoms with Crippen LogP contribution in [0, 0.1) is 0 Å². The lowest BCUT2D eigenvalue weighted by atomic mass is 10.2. The Morgan fingerprint density at radius 2 is 1.90 bits per heavy atom. The van der Waals surface area contributed by atoms with E-state index in [1.807, 2.05) is 24.3 Å². The summed E-state index contributed by atoms with van der Waals surface area (Å²) in [7, 11) is 0. The Labute approximate surface area is 121 Å². The van der Waals surface area contributed by atoms with Gasteiger partial charge in [-0.3, -0.25) is 4.79 Å². The van der Waals surface area contributed by atoms with Gasteiger partial charge in [-0.15, -0.1) is 0 Å². The lowest BCUT2D eigenvalue weighted by molar-refractivity contribution is -0.116. The molecule has 3 N–H and O–H groups in total. The molecule has 1 rings (SSSR count). The van der Waals surface area contributed by atoms with Crippen LogP contribution < -0.4 is 15.8 Å². The summed E-state index contributed by atoms with van der Waals surface area (Å²) in [5, 5.41) is 2.84. The van der Waals surface area contributed by atoms with Crippen LogP contribution in [0.3, 0.4) is 0 Å². The molecule has 0 atom stereocenters. The number of nitrogens with two attached hydrogens (primary N) is 1. The Hall–Kier alpha value is -1.55. The molecule has 4 heteroatoms. The first-order valence-electron chi connectivity index (χ1n) is 7.49. The molecule has 1 amide bonds. The number of carbonyl (C=O) groups is 1. The van der Waals surface area contributed by atoms with Gasteiger partial charge in [0.05, 0.1) is 6.61 Å². The van der Waals surface area contributed by atoms with E-state index in [1.165, 1.54) is 19.3 Å². The topological polar surface area (TPSA) is 64.3 Å². The minimum absolute atomic E-state index is 0.00341. The van der Waals surface area contributed by atoms with Gasteiger partial charge in [0, 0.05) is 12.1 Å². The largest absolute Gasteiger partial charge is 0.494 e. The highest BCUT2D eigenvalue weighted by Gasteiger charge is 2.01. The molecule has 0 aromatic heterocycles. The minimum atomic E-state index is 0.00341. The summed E-state index contributed by atoms with van der Waals surface area (Å²) in [5.41, 5.74) is 6.17. The van der Waals surface area contributed by atoms with Gasteiger partial charge in [0.1, 0.15) is 5.75 Å². The molecule has 112 valence electrons. The van der Waals surface area contributed by atoms with Crippen molar-refractivity contribution in [1.82, 2.24) is 0 Å². The number of rotatable bonds is 10. The van der Waals surface area contributed by atoms with E-state index in [9.17, 15) is 4.79 Å². The van der Waals surface area contributed by atoms with E-state index in [-0.39, 0.29) is 5.91 Å². The van der Waals surface area contributed by atoms with E-state index in [1.54, 1.807) is 0 Å². The van der Waals surface area contributed by atoms with Crippen molar-refractivity contribution in [2.75, 3.05) is 18.5 Å². The molecule has 0 fully saturated rings. The first-order chi connectivity index (χ1) is 9.76. The van der Waals surface area contributed by atoms with Gasteiger partial charge in [-0.1, -0.05) is 26.2 Å². The lowest BCUT2D eigenvalue weighted by Crippen LogP contribution is -2.13. The average molecular weight is 278 g/mol. The molecule has 0 aliphatic rings. The Morgan fingerprint density at radius 3 is 2.55 bits per heavy atom. The van der Waals surface area contributed by atoms with Crippen LogP contribution in [0.1, 0.15) is 45.4 Å². The van der Waals surface area contributed by atoms with Gasteiger partial charge < -0.3 is 15.8 Å². The Bertz CT molecular complexity index is 377. The molecule has 20 heavy (non-hydrogen) atoms. The molecule has 0 saturated carbocycles. The quantitative estimate of drug-likeness (QED) is 0.645. The second-order valence-corrected chi connectivity index (χ2v) is 4.87. The number of hydrogen-bond acceptors (Lipinski definition) is 3. The van der Waals surface area contributed by atoms with E-state index in [4.69, 9.17) is 10.5 Å². The number of anilines is 1. The van der Waals surface area contributed by atoms with Gasteiger partial charge in [0.2, 0.25) is 5.91 Å². The highest BCUT2D eigenvalue weighted by molar-refractivity contribution is 5.90. The molecule has 1 aromatic carbocycles. The molecule has 0 bridgehead atoms. The zero-order valence-corrected chi connectivity index (χ0v) is 12.4. The Kier molecular flexibility index (Phi) is 8.47. The molecule has 0 radical (unpaired) electrons. The molecule has 0 aliphatic carbocycles. The van der Waals surface area contributed by atoms with Crippen molar-refractivity contribution in [3.63, 3.8) is 0 Å². The number of ether oxygens (including phenoxy) is 1. The highest BCUT2D eigenvalue weighted by atomic mass is 16.5. The standard InChI is InChI=1S/C16H26N2O2/c1-2-3-4-5-13-20-15-10-8-14(9-11-15)18-16(19)7-6-12-17/h8-11H,2-7,12-13,17H2,1H3,(H,18,19). The summed E-state index contributed by atoms with van der Waals surface area (Å²) >= 11 is 0. The first kappa shape index (κ1) is 16.5. The minimum Gasteiger partial charge on any atom is -0.494 e. The van der Waals surface area contributed by atoms with Crippen LogP contribution in [0.4, 0.5) is 5.69 Å². The summed E-state index contributed by atoms with van der Waals surface area (Å²) in [6.45, 7) is 3.49. The fourth-order valence-electron chi connectivity index (χ4n) is 1.84. The predicted molar refractivity (Wildman–Crippen MR) is 83.0 cm³/mol. The van der Waals surface area contributed by atoms with E-state index < -0.39 is 0 Å². The van der Waals surface area contributed by atoms with Crippen LogP contribution in [0.5, 0.6) is 5.75 Å². The third-order valence-corrected chi connectivity index (χ3v) is 3.01. The summed E-state index contributed by atoms with van der Waals surface area (Å²) in [5.74, 6) is 0.852. The zero-order chi connectivity index (χ0) is 14.6. The zero-order valence-electron chi connectivity index (χ0n) is 12.4. The maximum absolute atomic E-state index is 11.5. The second-order valence-electron chi connectivity index (χ2n) is 4.87. The van der Waals surface area contributed by atoms with Crippen LogP contribution in [-0.2, 0) is 4.79 Å². The molecular weight excluding hydrogens is 252 g/mol. The van der Waals surface area contributed by atoms with E-state index >= 15 is 0 Å². The van der Waals surface area contributed by atoms with E-state index in [2.05, 4.69) is 12.2 Å². The summed E-state index contributed by atoms with van der Waals surface area (Å²) < 4.78 is 5.65. The number of unbranched alkanes of at least 4 members (excludes halogenated alkanes) is 3. The number of nitrogens with one attached hydrogen (secondary N) is 1. The highest BCUT2D eigenvalue weighted by Crippen LogP contribution is 2.16. The van der Waals surface area contributed by atoms with Gasteiger partial charge in [0.15, 0.2) is 0 Å². The van der Waals surface area contributed by atoms with Crippen molar-refractivity contribution < 1.29 is 9.53 Å². The molecule has 0 unspecified atom stereocenters. The fraction of sp³-hybridized carbons (Fsp3) is 0.562. The number of carbonyl (C=O) groups excluding carboxylic acids is 1. The molecule has 4 nitrogen and oxygen atoms in total. The lowest BCUT2D eigenvalue weighted by Gasteiger charge is -2.08. The Balaban J connectivity index is 2.27. The van der Waals surface area contributed by atoms with Gasteiger partial charge in [-0.2, -0.15) is 0 Å².